The van der Waals surface area contributed by atoms with Crippen LogP contribution in [0.5, 0.6) is 5.75 Å². The summed E-state index contributed by atoms with van der Waals surface area (Å²) in [4.78, 5) is 13.1. The first-order chi connectivity index (χ1) is 18.2. The van der Waals surface area contributed by atoms with Crippen LogP contribution in [-0.2, 0) is 17.8 Å². The number of carbonyl (C=O) groups excluding carboxylic acids is 1. The number of benzene rings is 2. The van der Waals surface area contributed by atoms with Crippen molar-refractivity contribution in [3.05, 3.63) is 54.2 Å². The Morgan fingerprint density at radius 2 is 1.74 bits per heavy atom. The fourth-order valence-corrected chi connectivity index (χ4v) is 6.11. The zero-order chi connectivity index (χ0) is 26.7. The molecule has 0 spiro atoms. The molecule has 8 heteroatoms. The fraction of sp³-hybridized carbons (Fsp3) is 0.500. The molecule has 38 heavy (non-hydrogen) atoms. The summed E-state index contributed by atoms with van der Waals surface area (Å²) in [7, 11) is 0. The van der Waals surface area contributed by atoms with E-state index in [2.05, 4.69) is 20.8 Å². The molecule has 2 aromatic carbocycles. The minimum Gasteiger partial charge on any atom is -0.405 e. The fourth-order valence-electron chi connectivity index (χ4n) is 6.11. The predicted octanol–water partition coefficient (Wildman–Crippen LogP) is 6.72. The molecule has 0 atom stereocenters. The van der Waals surface area contributed by atoms with Crippen LogP contribution in [0, 0.1) is 5.92 Å². The Morgan fingerprint density at radius 1 is 1.00 bits per heavy atom. The van der Waals surface area contributed by atoms with Gasteiger partial charge < -0.3 is 20.4 Å². The van der Waals surface area contributed by atoms with Gasteiger partial charge in [0.15, 0.2) is 0 Å². The lowest BCUT2D eigenvalue weighted by Crippen LogP contribution is -2.41. The number of nitrogens with zero attached hydrogens (tertiary/aromatic N) is 1. The largest absolute Gasteiger partial charge is 0.573 e. The van der Waals surface area contributed by atoms with E-state index in [1.165, 1.54) is 44.2 Å². The molecule has 2 saturated carbocycles. The number of carbonyl (C=O) groups is 1. The van der Waals surface area contributed by atoms with Crippen molar-refractivity contribution in [3.63, 3.8) is 0 Å². The average molecular weight is 528 g/mol. The number of nitrogens with two attached hydrogens (primary N) is 1. The molecule has 0 saturated heterocycles. The Hall–Kier alpha value is -3.00. The van der Waals surface area contributed by atoms with Crippen molar-refractivity contribution in [2.45, 2.75) is 89.2 Å². The molecular formula is C30H36F3N3O2. The van der Waals surface area contributed by atoms with Crippen LogP contribution >= 0.6 is 0 Å². The molecule has 0 bridgehead atoms. The summed E-state index contributed by atoms with van der Waals surface area (Å²) < 4.78 is 45.7. The first-order valence-electron chi connectivity index (χ1n) is 13.8. The zero-order valence-electron chi connectivity index (χ0n) is 21.6. The Morgan fingerprint density at radius 3 is 2.47 bits per heavy atom. The maximum atomic E-state index is 13.1. The van der Waals surface area contributed by atoms with Gasteiger partial charge in [-0.2, -0.15) is 0 Å². The zero-order valence-corrected chi connectivity index (χ0v) is 21.6. The molecule has 5 nitrogen and oxygen atoms in total. The third-order valence-electron chi connectivity index (χ3n) is 8.05. The van der Waals surface area contributed by atoms with E-state index in [1.54, 1.807) is 12.1 Å². The van der Waals surface area contributed by atoms with Gasteiger partial charge in [0, 0.05) is 41.3 Å². The molecule has 2 fully saturated rings. The molecule has 0 radical (unpaired) electrons. The lowest BCUT2D eigenvalue weighted by atomic mass is 9.89. The van der Waals surface area contributed by atoms with E-state index in [4.69, 9.17) is 5.73 Å². The summed E-state index contributed by atoms with van der Waals surface area (Å²) >= 11 is 0. The molecule has 0 unspecified atom stereocenters. The Bertz CT molecular complexity index is 1260. The van der Waals surface area contributed by atoms with Crippen molar-refractivity contribution in [1.82, 2.24) is 9.88 Å². The highest BCUT2D eigenvalue weighted by Crippen LogP contribution is 2.37. The van der Waals surface area contributed by atoms with Crippen LogP contribution in [-0.4, -0.2) is 28.9 Å². The van der Waals surface area contributed by atoms with Gasteiger partial charge in [-0.05, 0) is 73.8 Å². The maximum absolute atomic E-state index is 13.1. The second kappa shape index (κ2) is 11.4. The van der Waals surface area contributed by atoms with E-state index in [-0.39, 0.29) is 30.2 Å². The number of fused-ring (bicyclic) bond motifs is 1. The molecule has 204 valence electrons. The van der Waals surface area contributed by atoms with Crippen molar-refractivity contribution < 1.29 is 22.7 Å². The molecule has 2 aliphatic rings. The minimum absolute atomic E-state index is 0.0339. The van der Waals surface area contributed by atoms with E-state index in [0.29, 0.717) is 17.0 Å². The van der Waals surface area contributed by atoms with Gasteiger partial charge in [-0.1, -0.05) is 43.5 Å². The molecule has 0 aliphatic heterocycles. The van der Waals surface area contributed by atoms with Gasteiger partial charge in [0.1, 0.15) is 5.75 Å². The Balaban J connectivity index is 1.46. The third kappa shape index (κ3) is 6.52. The number of amides is 1. The van der Waals surface area contributed by atoms with Gasteiger partial charge in [-0.25, -0.2) is 0 Å². The monoisotopic (exact) mass is 527 g/mol. The van der Waals surface area contributed by atoms with Crippen LogP contribution in [0.3, 0.4) is 0 Å². The summed E-state index contributed by atoms with van der Waals surface area (Å²) in [5.74, 6) is 0.317. The predicted molar refractivity (Wildman–Crippen MR) is 143 cm³/mol. The van der Waals surface area contributed by atoms with Crippen LogP contribution in [0.1, 0.15) is 63.4 Å². The van der Waals surface area contributed by atoms with Crippen LogP contribution in [0.2, 0.25) is 0 Å². The molecule has 1 amide bonds. The first-order valence-corrected chi connectivity index (χ1v) is 13.8. The van der Waals surface area contributed by atoms with Crippen molar-refractivity contribution in [3.8, 4) is 16.9 Å². The molecule has 1 aromatic heterocycles. The minimum atomic E-state index is -4.78. The quantitative estimate of drug-likeness (QED) is 0.359. The van der Waals surface area contributed by atoms with Crippen LogP contribution < -0.4 is 15.8 Å². The summed E-state index contributed by atoms with van der Waals surface area (Å²) in [6, 6.07) is 12.2. The summed E-state index contributed by atoms with van der Waals surface area (Å²) in [5, 5.41) is 4.07. The molecule has 3 N–H and O–H groups in total. The lowest BCUT2D eigenvalue weighted by Gasteiger charge is -2.26. The van der Waals surface area contributed by atoms with E-state index in [0.717, 1.165) is 48.7 Å². The van der Waals surface area contributed by atoms with Gasteiger partial charge in [-0.3, -0.25) is 4.79 Å². The van der Waals surface area contributed by atoms with E-state index >= 15 is 0 Å². The highest BCUT2D eigenvalue weighted by Gasteiger charge is 2.32. The smallest absolute Gasteiger partial charge is 0.405 e. The van der Waals surface area contributed by atoms with Gasteiger partial charge in [0.05, 0.1) is 6.42 Å². The van der Waals surface area contributed by atoms with Crippen LogP contribution in [0.15, 0.2) is 48.7 Å². The standard InChI is InChI=1S/C30H36F3N3O2/c31-30(32,33)38-28-9-5-4-8-25(28)21-10-15-27-26(16-21)22(19-36(27)18-20-6-2-1-3-7-20)17-29(37)35-24-13-11-23(34)12-14-24/h4-5,8-10,15-16,19-20,23-24H,1-3,6-7,11-14,17-18,34H2,(H,35,37). The summed E-state index contributed by atoms with van der Waals surface area (Å²) in [6.45, 7) is 0.881. The van der Waals surface area contributed by atoms with Gasteiger partial charge in [0.25, 0.3) is 0 Å². The second-order valence-electron chi connectivity index (χ2n) is 10.9. The molecular weight excluding hydrogens is 491 g/mol. The van der Waals surface area contributed by atoms with E-state index in [1.807, 2.05) is 18.2 Å². The van der Waals surface area contributed by atoms with E-state index in [9.17, 15) is 18.0 Å². The Labute approximate surface area is 221 Å². The number of nitrogens with one attached hydrogen (secondary N) is 1. The van der Waals surface area contributed by atoms with Gasteiger partial charge in [0.2, 0.25) is 5.91 Å². The SMILES string of the molecule is NC1CCC(NC(=O)Cc2cn(CC3CCCCC3)c3ccc(-c4ccccc4OC(F)(F)F)cc23)CC1. The number of hydrogen-bond donors (Lipinski definition) is 2. The highest BCUT2D eigenvalue weighted by molar-refractivity contribution is 5.93. The lowest BCUT2D eigenvalue weighted by molar-refractivity contribution is -0.274. The van der Waals surface area contributed by atoms with Crippen molar-refractivity contribution in [2.75, 3.05) is 0 Å². The average Bonchev–Trinajstić information content (AvgIpc) is 3.21. The number of hydrogen-bond acceptors (Lipinski definition) is 3. The first kappa shape index (κ1) is 26.6. The highest BCUT2D eigenvalue weighted by atomic mass is 19.4. The Kier molecular flexibility index (Phi) is 7.98. The number of rotatable bonds is 7. The second-order valence-corrected chi connectivity index (χ2v) is 10.9. The van der Waals surface area contributed by atoms with Crippen molar-refractivity contribution >= 4 is 16.8 Å². The molecule has 3 aromatic rings. The number of halogens is 3. The van der Waals surface area contributed by atoms with Crippen molar-refractivity contribution in [2.24, 2.45) is 11.7 Å². The number of aromatic nitrogens is 1. The number of alkyl halides is 3. The van der Waals surface area contributed by atoms with Gasteiger partial charge >= 0.3 is 6.36 Å². The summed E-state index contributed by atoms with van der Waals surface area (Å²) in [6.07, 6.45) is 7.25. The topological polar surface area (TPSA) is 69.3 Å². The van der Waals surface area contributed by atoms with Crippen LogP contribution in [0.25, 0.3) is 22.0 Å². The number of ether oxygens (including phenoxy) is 1. The molecule has 5 rings (SSSR count). The van der Waals surface area contributed by atoms with E-state index < -0.39 is 6.36 Å². The molecule has 1 heterocycles. The van der Waals surface area contributed by atoms with Crippen molar-refractivity contribution in [1.29, 1.82) is 0 Å². The van der Waals surface area contributed by atoms with Crippen LogP contribution in [0.4, 0.5) is 13.2 Å². The summed E-state index contributed by atoms with van der Waals surface area (Å²) in [5.41, 5.74) is 8.88. The number of para-hydroxylation sites is 1. The maximum Gasteiger partial charge on any atom is 0.573 e. The molecule has 2 aliphatic carbocycles. The van der Waals surface area contributed by atoms with Gasteiger partial charge in [-0.15, -0.1) is 13.2 Å². The third-order valence-corrected chi connectivity index (χ3v) is 8.05. The normalized spacial score (nSPS) is 20.9.